The number of thiophene rings is 1. The van der Waals surface area contributed by atoms with Crippen molar-refractivity contribution in [2.75, 3.05) is 13.1 Å². The van der Waals surface area contributed by atoms with Crippen molar-refractivity contribution in [3.8, 4) is 0 Å². The molecule has 2 N–H and O–H groups in total. The largest absolute Gasteiger partial charge is 0.351 e. The summed E-state index contributed by atoms with van der Waals surface area (Å²) in [4.78, 5) is 25.7. The van der Waals surface area contributed by atoms with Crippen molar-refractivity contribution in [2.45, 2.75) is 19.4 Å². The molecule has 1 aromatic heterocycles. The lowest BCUT2D eigenvalue weighted by molar-refractivity contribution is -0.127. The van der Waals surface area contributed by atoms with Gasteiger partial charge in [0.2, 0.25) is 5.91 Å². The maximum atomic E-state index is 12.9. The van der Waals surface area contributed by atoms with Crippen LogP contribution in [0.2, 0.25) is 0 Å². The summed E-state index contributed by atoms with van der Waals surface area (Å²) in [6.45, 7) is 1.71. The second-order valence-electron chi connectivity index (χ2n) is 6.03. The average Bonchev–Trinajstić information content (AvgIpc) is 3.14. The van der Waals surface area contributed by atoms with Crippen LogP contribution in [-0.2, 0) is 11.3 Å². The van der Waals surface area contributed by atoms with Crippen molar-refractivity contribution >= 4 is 23.2 Å². The predicted molar refractivity (Wildman–Crippen MR) is 94.3 cm³/mol. The first-order valence-corrected chi connectivity index (χ1v) is 9.11. The molecule has 2 aromatic rings. The van der Waals surface area contributed by atoms with Crippen LogP contribution in [0.25, 0.3) is 0 Å². The highest BCUT2D eigenvalue weighted by molar-refractivity contribution is 7.09. The van der Waals surface area contributed by atoms with Crippen molar-refractivity contribution in [3.63, 3.8) is 0 Å². The Labute approximate surface area is 149 Å². The van der Waals surface area contributed by atoms with E-state index in [1.165, 1.54) is 24.3 Å². The molecule has 1 aliphatic heterocycles. The van der Waals surface area contributed by atoms with E-state index in [0.29, 0.717) is 25.2 Å². The molecule has 2 heterocycles. The van der Waals surface area contributed by atoms with Crippen LogP contribution in [0, 0.1) is 11.7 Å². The zero-order valence-corrected chi connectivity index (χ0v) is 14.5. The Kier molecular flexibility index (Phi) is 5.78. The van der Waals surface area contributed by atoms with E-state index in [0.717, 1.165) is 17.7 Å². The summed E-state index contributed by atoms with van der Waals surface area (Å²) < 4.78 is 12.9. The first-order valence-electron chi connectivity index (χ1n) is 8.23. The van der Waals surface area contributed by atoms with Gasteiger partial charge in [-0.1, -0.05) is 6.07 Å². The van der Waals surface area contributed by atoms with Gasteiger partial charge < -0.3 is 5.32 Å². The Hall–Kier alpha value is -2.25. The van der Waals surface area contributed by atoms with Crippen LogP contribution in [0.1, 0.15) is 28.1 Å². The smallest absolute Gasteiger partial charge is 0.265 e. The minimum atomic E-state index is -0.378. The fraction of sp³-hybridized carbons (Fsp3) is 0.333. The van der Waals surface area contributed by atoms with Gasteiger partial charge in [-0.15, -0.1) is 11.3 Å². The Balaban J connectivity index is 1.51. The third-order valence-corrected chi connectivity index (χ3v) is 5.05. The number of piperidine rings is 1. The van der Waals surface area contributed by atoms with Gasteiger partial charge in [-0.3, -0.25) is 15.0 Å². The van der Waals surface area contributed by atoms with E-state index in [1.807, 2.05) is 17.5 Å². The summed E-state index contributed by atoms with van der Waals surface area (Å²) >= 11 is 1.61. The number of rotatable bonds is 5. The molecule has 1 unspecified atom stereocenters. The normalized spacial score (nSPS) is 17.9. The molecular formula is C18H20FN3O2S. The molecule has 0 radical (unpaired) electrons. The maximum absolute atomic E-state index is 12.9. The lowest BCUT2D eigenvalue weighted by atomic mass is 9.98. The molecule has 5 nitrogen and oxygen atoms in total. The molecule has 0 spiro atoms. The lowest BCUT2D eigenvalue weighted by Crippen LogP contribution is -2.50. The van der Waals surface area contributed by atoms with Gasteiger partial charge in [-0.05, 0) is 48.6 Å². The molecule has 1 aliphatic rings. The van der Waals surface area contributed by atoms with Crippen LogP contribution in [0.5, 0.6) is 0 Å². The van der Waals surface area contributed by atoms with Gasteiger partial charge >= 0.3 is 0 Å². The fourth-order valence-electron chi connectivity index (χ4n) is 2.83. The Morgan fingerprint density at radius 3 is 2.76 bits per heavy atom. The van der Waals surface area contributed by atoms with Gasteiger partial charge in [0.15, 0.2) is 0 Å². The molecule has 0 saturated carbocycles. The molecule has 0 bridgehead atoms. The van der Waals surface area contributed by atoms with E-state index in [1.54, 1.807) is 16.3 Å². The van der Waals surface area contributed by atoms with Gasteiger partial charge in [0.05, 0.1) is 12.5 Å². The molecule has 7 heteroatoms. The number of hydrogen-bond donors (Lipinski definition) is 2. The second kappa shape index (κ2) is 8.22. The SMILES string of the molecule is O=C(NN1CCCC(C(=O)NCc2cccs2)C1)c1ccc(F)cc1. The first kappa shape index (κ1) is 17.6. The molecule has 132 valence electrons. The highest BCUT2D eigenvalue weighted by atomic mass is 32.1. The highest BCUT2D eigenvalue weighted by Crippen LogP contribution is 2.16. The number of amides is 2. The number of hydrogen-bond acceptors (Lipinski definition) is 4. The zero-order valence-electron chi connectivity index (χ0n) is 13.7. The van der Waals surface area contributed by atoms with E-state index in [9.17, 15) is 14.0 Å². The zero-order chi connectivity index (χ0) is 17.6. The van der Waals surface area contributed by atoms with Crippen LogP contribution in [0.3, 0.4) is 0 Å². The molecule has 25 heavy (non-hydrogen) atoms. The number of carbonyl (C=O) groups excluding carboxylic acids is 2. The van der Waals surface area contributed by atoms with E-state index in [4.69, 9.17) is 0 Å². The predicted octanol–water partition coefficient (Wildman–Crippen LogP) is 2.56. The summed E-state index contributed by atoms with van der Waals surface area (Å²) in [5, 5.41) is 6.71. The fourth-order valence-corrected chi connectivity index (χ4v) is 3.48. The van der Waals surface area contributed by atoms with E-state index in [-0.39, 0.29) is 23.5 Å². The van der Waals surface area contributed by atoms with Gasteiger partial charge in [0.1, 0.15) is 5.82 Å². The van der Waals surface area contributed by atoms with Gasteiger partial charge in [0, 0.05) is 23.5 Å². The number of carbonyl (C=O) groups is 2. The van der Waals surface area contributed by atoms with Crippen LogP contribution < -0.4 is 10.7 Å². The van der Waals surface area contributed by atoms with Crippen molar-refractivity contribution in [1.29, 1.82) is 0 Å². The third-order valence-electron chi connectivity index (χ3n) is 4.18. The summed E-state index contributed by atoms with van der Waals surface area (Å²) in [5.74, 6) is -0.812. The molecule has 0 aliphatic carbocycles. The Bertz CT molecular complexity index is 718. The Morgan fingerprint density at radius 2 is 2.04 bits per heavy atom. The summed E-state index contributed by atoms with van der Waals surface area (Å²) in [5.41, 5.74) is 3.20. The minimum Gasteiger partial charge on any atom is -0.351 e. The number of halogens is 1. The quantitative estimate of drug-likeness (QED) is 0.860. The van der Waals surface area contributed by atoms with Gasteiger partial charge in [-0.25, -0.2) is 9.40 Å². The van der Waals surface area contributed by atoms with E-state index >= 15 is 0 Å². The first-order chi connectivity index (χ1) is 12.1. The van der Waals surface area contributed by atoms with E-state index in [2.05, 4.69) is 10.7 Å². The van der Waals surface area contributed by atoms with Crippen molar-refractivity contribution in [2.24, 2.45) is 5.92 Å². The molecule has 1 atom stereocenters. The molecule has 1 fully saturated rings. The Morgan fingerprint density at radius 1 is 1.24 bits per heavy atom. The standard InChI is InChI=1S/C18H20FN3O2S/c19-15-7-5-13(6-8-15)18(24)21-22-9-1-3-14(12-22)17(23)20-11-16-4-2-10-25-16/h2,4-8,10,14H,1,3,9,11-12H2,(H,20,23)(H,21,24). The number of nitrogens with zero attached hydrogens (tertiary/aromatic N) is 1. The van der Waals surface area contributed by atoms with Crippen LogP contribution in [0.4, 0.5) is 4.39 Å². The topological polar surface area (TPSA) is 61.4 Å². The summed E-state index contributed by atoms with van der Waals surface area (Å²) in [7, 11) is 0. The van der Waals surface area contributed by atoms with Crippen molar-refractivity contribution < 1.29 is 14.0 Å². The average molecular weight is 361 g/mol. The second-order valence-corrected chi connectivity index (χ2v) is 7.06. The summed E-state index contributed by atoms with van der Waals surface area (Å²) in [6.07, 6.45) is 1.64. The molecular weight excluding hydrogens is 341 g/mol. The summed E-state index contributed by atoms with van der Waals surface area (Å²) in [6, 6.07) is 9.35. The van der Waals surface area contributed by atoms with Gasteiger partial charge in [-0.2, -0.15) is 0 Å². The molecule has 3 rings (SSSR count). The van der Waals surface area contributed by atoms with Crippen molar-refractivity contribution in [1.82, 2.24) is 15.8 Å². The van der Waals surface area contributed by atoms with Gasteiger partial charge in [0.25, 0.3) is 5.91 Å². The van der Waals surface area contributed by atoms with Crippen LogP contribution in [-0.4, -0.2) is 29.9 Å². The van der Waals surface area contributed by atoms with E-state index < -0.39 is 0 Å². The van der Waals surface area contributed by atoms with Crippen LogP contribution >= 0.6 is 11.3 Å². The van der Waals surface area contributed by atoms with Crippen molar-refractivity contribution in [3.05, 3.63) is 58.0 Å². The monoisotopic (exact) mass is 361 g/mol. The third kappa shape index (κ3) is 4.87. The maximum Gasteiger partial charge on any atom is 0.265 e. The molecule has 1 saturated heterocycles. The molecule has 2 amide bonds. The van der Waals surface area contributed by atoms with Crippen LogP contribution in [0.15, 0.2) is 41.8 Å². The molecule has 1 aromatic carbocycles. The number of benzene rings is 1. The lowest BCUT2D eigenvalue weighted by Gasteiger charge is -2.32. The highest BCUT2D eigenvalue weighted by Gasteiger charge is 2.26. The minimum absolute atomic E-state index is 0.00845. The number of hydrazine groups is 1. The number of nitrogens with one attached hydrogen (secondary N) is 2.